The van der Waals surface area contributed by atoms with E-state index in [2.05, 4.69) is 0 Å². The van der Waals surface area contributed by atoms with Crippen LogP contribution >= 0.6 is 0 Å². The molecular formula is C18H15N3O3. The first kappa shape index (κ1) is 16.9. The number of nitro benzene ring substituents is 1. The van der Waals surface area contributed by atoms with E-state index in [0.717, 1.165) is 5.69 Å². The molecule has 0 bridgehead atoms. The number of anilines is 1. The molecule has 0 saturated heterocycles. The molecular weight excluding hydrogens is 306 g/mol. The summed E-state index contributed by atoms with van der Waals surface area (Å²) < 4.78 is 0. The Bertz CT molecular complexity index is 847. The summed E-state index contributed by atoms with van der Waals surface area (Å²) in [4.78, 5) is 24.6. The van der Waals surface area contributed by atoms with Crippen LogP contribution in [0.2, 0.25) is 0 Å². The average Bonchev–Trinajstić information content (AvgIpc) is 2.59. The number of hydrogen-bond acceptors (Lipinski definition) is 5. The predicted molar refractivity (Wildman–Crippen MR) is 91.8 cm³/mol. The third kappa shape index (κ3) is 3.84. The van der Waals surface area contributed by atoms with Crippen LogP contribution in [0.1, 0.15) is 15.9 Å². The van der Waals surface area contributed by atoms with Gasteiger partial charge in [0.15, 0.2) is 0 Å². The number of nitriles is 1. The topological polar surface area (TPSA) is 87.2 Å². The molecule has 6 nitrogen and oxygen atoms in total. The minimum atomic E-state index is -0.577. The molecule has 0 N–H and O–H groups in total. The Kier molecular flexibility index (Phi) is 5.07. The van der Waals surface area contributed by atoms with Crippen molar-refractivity contribution >= 4 is 23.2 Å². The highest BCUT2D eigenvalue weighted by Gasteiger charge is 2.15. The second kappa shape index (κ2) is 7.20. The van der Waals surface area contributed by atoms with Crippen molar-refractivity contribution in [3.63, 3.8) is 0 Å². The molecule has 0 spiro atoms. The molecule has 0 amide bonds. The van der Waals surface area contributed by atoms with Crippen molar-refractivity contribution in [2.75, 3.05) is 19.0 Å². The van der Waals surface area contributed by atoms with Gasteiger partial charge in [0.2, 0.25) is 5.78 Å². The average molecular weight is 321 g/mol. The maximum absolute atomic E-state index is 12.4. The maximum Gasteiger partial charge on any atom is 0.270 e. The lowest BCUT2D eigenvalue weighted by Crippen LogP contribution is -2.08. The van der Waals surface area contributed by atoms with Gasteiger partial charge in [-0.1, -0.05) is 24.3 Å². The minimum Gasteiger partial charge on any atom is -0.378 e. The Hall–Kier alpha value is -3.46. The first-order valence-electron chi connectivity index (χ1n) is 7.10. The van der Waals surface area contributed by atoms with Gasteiger partial charge in [0.1, 0.15) is 11.6 Å². The number of ketones is 1. The molecule has 0 fully saturated rings. The van der Waals surface area contributed by atoms with Gasteiger partial charge in [-0.05, 0) is 23.8 Å². The van der Waals surface area contributed by atoms with Crippen LogP contribution in [-0.4, -0.2) is 24.8 Å². The fourth-order valence-electron chi connectivity index (χ4n) is 2.10. The number of nitro groups is 1. The first-order chi connectivity index (χ1) is 11.4. The SMILES string of the molecule is CN(C)c1ccc(/C=C(\C#N)C(=O)c2cccc([N+](=O)[O-])c2)cc1. The number of Topliss-reactive ketones (excluding diaryl/α,β-unsaturated/α-hetero) is 1. The van der Waals surface area contributed by atoms with Crippen LogP contribution in [-0.2, 0) is 0 Å². The molecule has 2 aromatic rings. The van der Waals surface area contributed by atoms with Crippen molar-refractivity contribution in [2.24, 2.45) is 0 Å². The van der Waals surface area contributed by atoms with E-state index in [-0.39, 0.29) is 16.8 Å². The van der Waals surface area contributed by atoms with Crippen molar-refractivity contribution < 1.29 is 9.72 Å². The summed E-state index contributed by atoms with van der Waals surface area (Å²) in [5.41, 5.74) is 1.55. The molecule has 0 aromatic heterocycles. The van der Waals surface area contributed by atoms with Crippen LogP contribution < -0.4 is 4.90 Å². The molecule has 24 heavy (non-hydrogen) atoms. The first-order valence-corrected chi connectivity index (χ1v) is 7.10. The van der Waals surface area contributed by atoms with Crippen molar-refractivity contribution in [3.05, 3.63) is 75.3 Å². The zero-order chi connectivity index (χ0) is 17.7. The molecule has 0 heterocycles. The standard InChI is InChI=1S/C18H15N3O3/c1-20(2)16-8-6-13(7-9-16)10-15(12-19)18(22)14-4-3-5-17(11-14)21(23)24/h3-11H,1-2H3/b15-10+. The highest BCUT2D eigenvalue weighted by Crippen LogP contribution is 2.19. The molecule has 0 aliphatic rings. The van der Waals surface area contributed by atoms with Crippen LogP contribution in [0.3, 0.4) is 0 Å². The number of non-ortho nitro benzene ring substituents is 1. The Morgan fingerprint density at radius 2 is 1.88 bits per heavy atom. The van der Waals surface area contributed by atoms with Gasteiger partial charge >= 0.3 is 0 Å². The van der Waals surface area contributed by atoms with E-state index in [4.69, 9.17) is 0 Å². The number of carbonyl (C=O) groups excluding carboxylic acids is 1. The summed E-state index contributed by atoms with van der Waals surface area (Å²) in [5, 5.41) is 20.1. The minimum absolute atomic E-state index is 0.0758. The van der Waals surface area contributed by atoms with E-state index in [1.54, 1.807) is 12.1 Å². The third-order valence-corrected chi connectivity index (χ3v) is 3.40. The maximum atomic E-state index is 12.4. The van der Waals surface area contributed by atoms with Crippen molar-refractivity contribution in [2.45, 2.75) is 0 Å². The molecule has 0 saturated carbocycles. The molecule has 0 atom stereocenters. The number of benzene rings is 2. The van der Waals surface area contributed by atoms with Crippen LogP contribution in [0, 0.1) is 21.4 Å². The van der Waals surface area contributed by atoms with Gasteiger partial charge in [0, 0.05) is 37.5 Å². The van der Waals surface area contributed by atoms with E-state index < -0.39 is 10.7 Å². The Labute approximate surface area is 139 Å². The van der Waals surface area contributed by atoms with Crippen LogP contribution in [0.15, 0.2) is 54.1 Å². The smallest absolute Gasteiger partial charge is 0.270 e. The molecule has 2 rings (SSSR count). The van der Waals surface area contributed by atoms with Gasteiger partial charge in [-0.3, -0.25) is 14.9 Å². The van der Waals surface area contributed by atoms with Gasteiger partial charge in [0.25, 0.3) is 5.69 Å². The lowest BCUT2D eigenvalue weighted by molar-refractivity contribution is -0.384. The summed E-state index contributed by atoms with van der Waals surface area (Å²) in [6.45, 7) is 0. The molecule has 120 valence electrons. The van der Waals surface area contributed by atoms with Crippen LogP contribution in [0.25, 0.3) is 6.08 Å². The largest absolute Gasteiger partial charge is 0.378 e. The van der Waals surface area contributed by atoms with Crippen molar-refractivity contribution in [3.8, 4) is 6.07 Å². The van der Waals surface area contributed by atoms with E-state index in [1.807, 2.05) is 37.2 Å². The second-order valence-electron chi connectivity index (χ2n) is 5.29. The Morgan fingerprint density at radius 3 is 2.42 bits per heavy atom. The Morgan fingerprint density at radius 1 is 1.21 bits per heavy atom. The van der Waals surface area contributed by atoms with Crippen molar-refractivity contribution in [1.82, 2.24) is 0 Å². The van der Waals surface area contributed by atoms with Gasteiger partial charge in [-0.15, -0.1) is 0 Å². The molecule has 0 unspecified atom stereocenters. The second-order valence-corrected chi connectivity index (χ2v) is 5.29. The highest BCUT2D eigenvalue weighted by atomic mass is 16.6. The molecule has 2 aromatic carbocycles. The fourth-order valence-corrected chi connectivity index (χ4v) is 2.10. The number of hydrogen-bond donors (Lipinski definition) is 0. The molecule has 0 aliphatic heterocycles. The lowest BCUT2D eigenvalue weighted by atomic mass is 10.0. The zero-order valence-corrected chi connectivity index (χ0v) is 13.3. The Balaban J connectivity index is 2.33. The predicted octanol–water partition coefficient (Wildman–Crippen LogP) is 3.45. The quantitative estimate of drug-likeness (QED) is 0.277. The van der Waals surface area contributed by atoms with Gasteiger partial charge in [-0.2, -0.15) is 5.26 Å². The highest BCUT2D eigenvalue weighted by molar-refractivity contribution is 6.14. The van der Waals surface area contributed by atoms with Crippen molar-refractivity contribution in [1.29, 1.82) is 5.26 Å². The van der Waals surface area contributed by atoms with E-state index in [9.17, 15) is 20.2 Å². The normalized spacial score (nSPS) is 10.8. The zero-order valence-electron chi connectivity index (χ0n) is 13.3. The summed E-state index contributed by atoms with van der Waals surface area (Å²) in [7, 11) is 3.83. The van der Waals surface area contributed by atoms with Gasteiger partial charge in [-0.25, -0.2) is 0 Å². The summed E-state index contributed by atoms with van der Waals surface area (Å²) in [5.74, 6) is -0.544. The molecule has 6 heteroatoms. The van der Waals surface area contributed by atoms with E-state index >= 15 is 0 Å². The van der Waals surface area contributed by atoms with Gasteiger partial charge < -0.3 is 4.90 Å². The van der Waals surface area contributed by atoms with Crippen LogP contribution in [0.5, 0.6) is 0 Å². The molecule has 0 radical (unpaired) electrons. The number of nitrogens with zero attached hydrogens (tertiary/aromatic N) is 3. The van der Waals surface area contributed by atoms with Crippen LogP contribution in [0.4, 0.5) is 11.4 Å². The number of rotatable bonds is 5. The summed E-state index contributed by atoms with van der Waals surface area (Å²) in [6.07, 6.45) is 1.47. The summed E-state index contributed by atoms with van der Waals surface area (Å²) >= 11 is 0. The third-order valence-electron chi connectivity index (χ3n) is 3.40. The lowest BCUT2D eigenvalue weighted by Gasteiger charge is -2.11. The van der Waals surface area contributed by atoms with E-state index in [1.165, 1.54) is 30.3 Å². The number of carbonyl (C=O) groups is 1. The summed E-state index contributed by atoms with van der Waals surface area (Å²) in [6, 6.07) is 14.6. The fraction of sp³-hybridized carbons (Fsp3) is 0.111. The monoisotopic (exact) mass is 321 g/mol. The molecule has 0 aliphatic carbocycles. The number of allylic oxidation sites excluding steroid dienone is 1. The van der Waals surface area contributed by atoms with Gasteiger partial charge in [0.05, 0.1) is 4.92 Å². The van der Waals surface area contributed by atoms with E-state index in [0.29, 0.717) is 5.56 Å².